The predicted octanol–water partition coefficient (Wildman–Crippen LogP) is -3.71. The van der Waals surface area contributed by atoms with Crippen LogP contribution >= 0.6 is 31.3 Å². The van der Waals surface area contributed by atoms with E-state index in [-0.39, 0.29) is 28.4 Å². The first-order valence-electron chi connectivity index (χ1n) is 20.5. The fourth-order valence-corrected chi connectivity index (χ4v) is 12.4. The molecular weight excluding hydrogens is 1110 g/mol. The molecule has 0 radical (unpaired) electrons. The Labute approximate surface area is 405 Å². The summed E-state index contributed by atoms with van der Waals surface area (Å²) >= 11 is 0. The van der Waals surface area contributed by atoms with Gasteiger partial charge in [-0.25, -0.2) is 42.6 Å². The molecule has 5 aromatic rings. The van der Waals surface area contributed by atoms with E-state index in [4.69, 9.17) is 34.7 Å². The van der Waals surface area contributed by atoms with Crippen LogP contribution in [0.4, 0.5) is 24.9 Å². The number of nitrogens with zero attached hydrogens (tertiary/aromatic N) is 8. The smallest absolute Gasteiger partial charge is 0.387 e. The second-order valence-electron chi connectivity index (χ2n) is 16.1. The third-order valence-corrected chi connectivity index (χ3v) is 16.4. The molecule has 16 atom stereocenters. The number of phosphoric ester groups is 3. The maximum Gasteiger partial charge on any atom is 0.490 e. The van der Waals surface area contributed by atoms with Gasteiger partial charge in [-0.05, 0) is 0 Å². The van der Waals surface area contributed by atoms with Crippen LogP contribution in [0.3, 0.4) is 0 Å². The third kappa shape index (κ3) is 11.5. The lowest BCUT2D eigenvalue weighted by Crippen LogP contribution is -2.40. The number of halogens is 3. The highest BCUT2D eigenvalue weighted by molar-refractivity contribution is 7.66. The van der Waals surface area contributed by atoms with Gasteiger partial charge in [0, 0.05) is 12.3 Å². The van der Waals surface area contributed by atoms with Crippen molar-refractivity contribution in [2.45, 2.75) is 73.7 Å². The van der Waals surface area contributed by atoms with Crippen molar-refractivity contribution in [2.24, 2.45) is 13.0 Å². The maximum absolute atomic E-state index is 15.1. The highest BCUT2D eigenvalue weighted by Crippen LogP contribution is 2.68. The van der Waals surface area contributed by atoms with E-state index in [2.05, 4.69) is 42.6 Å². The van der Waals surface area contributed by atoms with Crippen molar-refractivity contribution in [3.63, 3.8) is 0 Å². The van der Waals surface area contributed by atoms with Crippen molar-refractivity contribution in [3.8, 4) is 0 Å². The van der Waals surface area contributed by atoms with Crippen LogP contribution in [0, 0.1) is 5.92 Å². The summed E-state index contributed by atoms with van der Waals surface area (Å²) < 4.78 is 145. The van der Waals surface area contributed by atoms with Crippen LogP contribution in [0.25, 0.3) is 22.3 Å². The molecule has 0 aliphatic carbocycles. The topological polar surface area (TPSA) is 518 Å². The summed E-state index contributed by atoms with van der Waals surface area (Å²) in [4.78, 5) is 97.4. The zero-order valence-electron chi connectivity index (χ0n) is 36.7. The van der Waals surface area contributed by atoms with Crippen LogP contribution in [-0.4, -0.2) is 158 Å². The molecule has 3 saturated heterocycles. The number of aromatic amines is 2. The number of nitrogen functional groups attached to an aromatic ring is 2. The Balaban J connectivity index is 0.956. The summed E-state index contributed by atoms with van der Waals surface area (Å²) in [5, 5.41) is 42.5. The van der Waals surface area contributed by atoms with Crippen LogP contribution in [0.2, 0.25) is 0 Å². The minimum atomic E-state index is -6.38. The first-order chi connectivity index (χ1) is 34.4. The van der Waals surface area contributed by atoms with Gasteiger partial charge in [0.2, 0.25) is 18.5 Å². The number of nitrogens with two attached hydrogens (primary N) is 2. The second-order valence-corrected chi connectivity index (χ2v) is 22.1. The number of hydrogen-bond acceptors (Lipinski definition) is 26. The molecule has 3 aliphatic heterocycles. The van der Waals surface area contributed by atoms with Gasteiger partial charge in [-0.2, -0.15) is 31.3 Å². The number of alkyl halides is 3. The van der Waals surface area contributed by atoms with E-state index in [1.807, 2.05) is 4.98 Å². The Bertz CT molecular complexity index is 3320. The monoisotopic (exact) mass is 1150 g/mol. The molecule has 36 nitrogen and oxygen atoms in total. The second kappa shape index (κ2) is 20.3. The number of aromatic nitrogens is 10. The molecule has 5 aromatic heterocycles. The molecule has 0 amide bonds. The minimum Gasteiger partial charge on any atom is -0.387 e. The van der Waals surface area contributed by atoms with Crippen molar-refractivity contribution in [3.05, 3.63) is 62.4 Å². The fourth-order valence-electron chi connectivity index (χ4n) is 7.93. The normalized spacial score (nSPS) is 30.9. The number of aryl methyl sites for hydroxylation is 1. The minimum absolute atomic E-state index is 0.0661. The van der Waals surface area contributed by atoms with E-state index in [9.17, 15) is 72.6 Å². The summed E-state index contributed by atoms with van der Waals surface area (Å²) in [6, 6.07) is 0.841. The van der Waals surface area contributed by atoms with Crippen molar-refractivity contribution >= 4 is 65.4 Å². The van der Waals surface area contributed by atoms with Crippen LogP contribution in [0.1, 0.15) is 18.7 Å². The Morgan fingerprint density at radius 3 is 1.86 bits per heavy atom. The first-order valence-corrected chi connectivity index (χ1v) is 26.5. The molecule has 0 saturated carbocycles. The van der Waals surface area contributed by atoms with Gasteiger partial charge < -0.3 is 65.7 Å². The molecule has 3 fully saturated rings. The molecule has 0 spiro atoms. The van der Waals surface area contributed by atoms with Gasteiger partial charge >= 0.3 is 48.7 Å². The van der Waals surface area contributed by atoms with Crippen molar-refractivity contribution < 1.29 is 117 Å². The van der Waals surface area contributed by atoms with E-state index >= 15 is 13.2 Å². The molecule has 43 heteroatoms. The number of H-pyrrole nitrogens is 2. The molecule has 0 bridgehead atoms. The number of aliphatic hydroxyl groups excluding tert-OH is 4. The molecule has 14 N–H and O–H groups in total. The number of nitrogens with one attached hydrogen (secondary N) is 2. The quantitative estimate of drug-likeness (QED) is 0.0297. The highest BCUT2D eigenvalue weighted by Gasteiger charge is 2.62. The standard InChI is InChI=1S/C31H39F3N12O24P4/c1-43-9-46(24-16(43)25(52)42-29(36)41-24)28-20(51)18(49)11(66-28)5-63-72(56,57)69-74(60,61)70-73(58,59)64-6-12-21(14(31(32,33)34)26(67-12)45-8-39-15-22(35)37-7-38-23(15)45)68-71(54,55)62-4-10-17(48)19(50)27(65-10)44-3-2-13(47)40-30(44)53/h2-3,7-12,14,17-21,26-28,48-51H,4-6H2,1H3,(H9-,35,36,37,38,40,41,42,47,52,53,54,55,56,57,58,59,60,61)/p+1/t10-,11-,12-,14?,17?,18?,19?,20?,21?,26-,27-,28-/m1/s1. The maximum atomic E-state index is 15.1. The van der Waals surface area contributed by atoms with Crippen LogP contribution in [0.15, 0.2) is 45.6 Å². The molecule has 0 aromatic carbocycles. The lowest BCUT2D eigenvalue weighted by molar-refractivity contribution is -0.646. The summed E-state index contributed by atoms with van der Waals surface area (Å²) in [6.07, 6.45) is -24.4. The molecule has 10 unspecified atom stereocenters. The van der Waals surface area contributed by atoms with Gasteiger partial charge in [-0.3, -0.25) is 46.8 Å². The summed E-state index contributed by atoms with van der Waals surface area (Å²) in [5.74, 6) is -3.82. The zero-order chi connectivity index (χ0) is 54.2. The molecule has 8 rings (SSSR count). The Morgan fingerprint density at radius 1 is 0.730 bits per heavy atom. The van der Waals surface area contributed by atoms with Gasteiger partial charge in [0.1, 0.15) is 66.6 Å². The van der Waals surface area contributed by atoms with E-state index < -0.39 is 153 Å². The predicted molar refractivity (Wildman–Crippen MR) is 227 cm³/mol. The van der Waals surface area contributed by atoms with Crippen molar-refractivity contribution in [1.29, 1.82) is 0 Å². The number of phosphoric acid groups is 4. The number of hydrogen-bond donors (Lipinski definition) is 12. The zero-order valence-corrected chi connectivity index (χ0v) is 40.3. The van der Waals surface area contributed by atoms with Crippen molar-refractivity contribution in [2.75, 3.05) is 31.3 Å². The third-order valence-electron chi connectivity index (χ3n) is 11.1. The average molecular weight is 1150 g/mol. The Hall–Kier alpha value is -4.79. The van der Waals surface area contributed by atoms with E-state index in [0.29, 0.717) is 9.13 Å². The summed E-state index contributed by atoms with van der Waals surface area (Å²) in [7, 11) is -23.1. The largest absolute Gasteiger partial charge is 0.490 e. The van der Waals surface area contributed by atoms with Crippen molar-refractivity contribution in [1.82, 2.24) is 43.6 Å². The fraction of sp³-hybridized carbons (Fsp3) is 0.548. The average Bonchev–Trinajstić information content (AvgIpc) is 4.08. The Kier molecular flexibility index (Phi) is 15.2. The molecule has 8 heterocycles. The summed E-state index contributed by atoms with van der Waals surface area (Å²) in [6.45, 7) is -4.22. The van der Waals surface area contributed by atoms with Crippen LogP contribution in [0.5, 0.6) is 0 Å². The SMILES string of the molecule is C[n+]1cn([C@@H]2O[C@H](COP(=O)(O)OP(=O)(O)OP(=O)(O)OC[C@H]3O[C@@H](n4cnc5c(N)ncnc54)C(C(F)(F)F)C3OP(=O)(O)OC[C@H]3O[C@@H](n4ccc(=O)[nH]c4=O)C(O)C3O)C(O)C2O)c2nc(N)[nH]c(=O)c21. The molecule has 408 valence electrons. The van der Waals surface area contributed by atoms with E-state index in [1.54, 1.807) is 0 Å². The van der Waals surface area contributed by atoms with Gasteiger partial charge in [0.05, 0.1) is 33.2 Å². The summed E-state index contributed by atoms with van der Waals surface area (Å²) in [5.41, 5.74) is 7.78. The van der Waals surface area contributed by atoms with Crippen LogP contribution < -0.4 is 32.8 Å². The van der Waals surface area contributed by atoms with Gasteiger partial charge in [0.15, 0.2) is 23.9 Å². The lowest BCUT2D eigenvalue weighted by Gasteiger charge is -2.28. The molecular formula is C31H40F3N12O24P4+. The van der Waals surface area contributed by atoms with Gasteiger partial charge in [-0.1, -0.05) is 0 Å². The van der Waals surface area contributed by atoms with E-state index in [1.165, 1.54) is 17.9 Å². The molecule has 3 aliphatic rings. The lowest BCUT2D eigenvalue weighted by atomic mass is 9.99. The van der Waals surface area contributed by atoms with Crippen LogP contribution in [-0.2, 0) is 66.2 Å². The number of imidazole rings is 2. The van der Waals surface area contributed by atoms with Gasteiger partial charge in [-0.15, -0.1) is 0 Å². The number of anilines is 2. The first kappa shape index (κ1) is 55.4. The number of aliphatic hydroxyl groups is 4. The van der Waals surface area contributed by atoms with Gasteiger partial charge in [0.25, 0.3) is 16.7 Å². The van der Waals surface area contributed by atoms with E-state index in [0.717, 1.165) is 29.5 Å². The number of fused-ring (bicyclic) bond motifs is 2. The number of rotatable bonds is 18. The highest BCUT2D eigenvalue weighted by atomic mass is 31.3. The molecule has 74 heavy (non-hydrogen) atoms. The Morgan fingerprint density at radius 2 is 1.28 bits per heavy atom. The number of ether oxygens (including phenoxy) is 3.